The maximum Gasteiger partial charge on any atom is 0.160 e. The summed E-state index contributed by atoms with van der Waals surface area (Å²) in [7, 11) is 1.68. The molecule has 0 aliphatic rings. The summed E-state index contributed by atoms with van der Waals surface area (Å²) < 4.78 is 7.22. The topological polar surface area (TPSA) is 60.2 Å². The van der Waals surface area contributed by atoms with Crippen LogP contribution < -0.4 is 0 Å². The maximum absolute atomic E-state index is 9.61. The van der Waals surface area contributed by atoms with Gasteiger partial charge in [-0.1, -0.05) is 12.1 Å². The van der Waals surface area contributed by atoms with E-state index in [0.717, 1.165) is 29.0 Å². The van der Waals surface area contributed by atoms with Crippen molar-refractivity contribution in [3.05, 3.63) is 54.0 Å². The molecule has 0 unspecified atom stereocenters. The van der Waals surface area contributed by atoms with Gasteiger partial charge in [0.1, 0.15) is 17.1 Å². The fourth-order valence-corrected chi connectivity index (χ4v) is 2.39. The molecule has 0 aliphatic carbocycles. The molecule has 1 aromatic carbocycles. The quantitative estimate of drug-likeness (QED) is 0.781. The number of fused-ring (bicyclic) bond motifs is 1. The minimum atomic E-state index is 0.267. The fourth-order valence-electron chi connectivity index (χ4n) is 2.39. The molecule has 3 aromatic rings. The van der Waals surface area contributed by atoms with Crippen LogP contribution in [0.3, 0.4) is 0 Å². The zero-order chi connectivity index (χ0) is 14.7. The molecule has 0 saturated heterocycles. The van der Waals surface area contributed by atoms with Crippen LogP contribution in [0.15, 0.2) is 42.6 Å². The van der Waals surface area contributed by atoms with Crippen LogP contribution in [0.25, 0.3) is 11.2 Å². The lowest BCUT2D eigenvalue weighted by molar-refractivity contribution is 0.200. The minimum absolute atomic E-state index is 0.267. The first kappa shape index (κ1) is 13.6. The lowest BCUT2D eigenvalue weighted by Crippen LogP contribution is -2.08. The first-order valence-corrected chi connectivity index (χ1v) is 6.85. The molecule has 0 amide bonds. The van der Waals surface area contributed by atoms with Crippen LogP contribution in [0.5, 0.6) is 5.75 Å². The van der Waals surface area contributed by atoms with Gasteiger partial charge in [-0.3, -0.25) is 0 Å². The molecular formula is C16H17N3O2. The molecule has 1 N–H and O–H groups in total. The van der Waals surface area contributed by atoms with Crippen molar-refractivity contribution in [2.45, 2.75) is 13.0 Å². The molecule has 0 fully saturated rings. The number of aromatic nitrogens is 3. The van der Waals surface area contributed by atoms with Crippen molar-refractivity contribution in [3.63, 3.8) is 0 Å². The van der Waals surface area contributed by atoms with Crippen LogP contribution in [0.4, 0.5) is 0 Å². The second-order valence-corrected chi connectivity index (χ2v) is 4.87. The number of ether oxygens (including phenoxy) is 1. The van der Waals surface area contributed by atoms with E-state index in [1.165, 1.54) is 0 Å². The highest BCUT2D eigenvalue weighted by Crippen LogP contribution is 2.18. The van der Waals surface area contributed by atoms with Crippen molar-refractivity contribution >= 4 is 11.2 Å². The number of phenols is 1. The van der Waals surface area contributed by atoms with Crippen LogP contribution in [-0.2, 0) is 17.7 Å². The zero-order valence-electron chi connectivity index (χ0n) is 11.9. The van der Waals surface area contributed by atoms with Crippen molar-refractivity contribution in [3.8, 4) is 5.75 Å². The van der Waals surface area contributed by atoms with Crippen molar-refractivity contribution in [1.29, 1.82) is 0 Å². The first-order chi connectivity index (χ1) is 10.3. The molecule has 3 rings (SSSR count). The molecule has 5 heteroatoms. The Morgan fingerprint density at radius 2 is 2.14 bits per heavy atom. The van der Waals surface area contributed by atoms with E-state index in [1.807, 2.05) is 24.3 Å². The van der Waals surface area contributed by atoms with E-state index in [2.05, 4.69) is 14.5 Å². The average molecular weight is 283 g/mol. The van der Waals surface area contributed by atoms with E-state index in [0.29, 0.717) is 13.2 Å². The Hall–Kier alpha value is -2.40. The van der Waals surface area contributed by atoms with Crippen LogP contribution in [0.1, 0.15) is 11.4 Å². The van der Waals surface area contributed by atoms with E-state index in [9.17, 15) is 5.11 Å². The Kier molecular flexibility index (Phi) is 3.83. The largest absolute Gasteiger partial charge is 0.508 e. The van der Waals surface area contributed by atoms with E-state index >= 15 is 0 Å². The average Bonchev–Trinajstić information content (AvgIpc) is 2.83. The Balaban J connectivity index is 2.02. The van der Waals surface area contributed by atoms with Crippen LogP contribution >= 0.6 is 0 Å². The van der Waals surface area contributed by atoms with Gasteiger partial charge in [0.15, 0.2) is 5.65 Å². The monoisotopic (exact) mass is 283 g/mol. The number of rotatable bonds is 5. The van der Waals surface area contributed by atoms with Gasteiger partial charge in [-0.2, -0.15) is 0 Å². The zero-order valence-corrected chi connectivity index (χ0v) is 11.9. The van der Waals surface area contributed by atoms with Gasteiger partial charge in [0.2, 0.25) is 0 Å². The normalized spacial score (nSPS) is 11.1. The van der Waals surface area contributed by atoms with Gasteiger partial charge in [0.05, 0.1) is 13.2 Å². The number of benzene rings is 1. The molecular weight excluding hydrogens is 266 g/mol. The van der Waals surface area contributed by atoms with Gasteiger partial charge < -0.3 is 14.4 Å². The predicted molar refractivity (Wildman–Crippen MR) is 80.3 cm³/mol. The Labute approximate surface area is 122 Å². The minimum Gasteiger partial charge on any atom is -0.508 e. The smallest absolute Gasteiger partial charge is 0.160 e. The SMILES string of the molecule is COCCc1nc2cccnc2n1Cc1cccc(O)c1. The Bertz CT molecular complexity index is 752. The molecule has 2 aromatic heterocycles. The highest BCUT2D eigenvalue weighted by atomic mass is 16.5. The fraction of sp³-hybridized carbons (Fsp3) is 0.250. The molecule has 0 radical (unpaired) electrons. The number of pyridine rings is 1. The van der Waals surface area contributed by atoms with Crippen molar-refractivity contribution in [2.24, 2.45) is 0 Å². The van der Waals surface area contributed by atoms with Gasteiger partial charge in [0.25, 0.3) is 0 Å². The first-order valence-electron chi connectivity index (χ1n) is 6.85. The molecule has 0 saturated carbocycles. The lowest BCUT2D eigenvalue weighted by Gasteiger charge is -2.09. The summed E-state index contributed by atoms with van der Waals surface area (Å²) in [4.78, 5) is 9.05. The van der Waals surface area contributed by atoms with Crippen LogP contribution in [-0.4, -0.2) is 33.4 Å². The second kappa shape index (κ2) is 5.93. The highest BCUT2D eigenvalue weighted by Gasteiger charge is 2.11. The summed E-state index contributed by atoms with van der Waals surface area (Å²) in [6.07, 6.45) is 2.49. The van der Waals surface area contributed by atoms with Gasteiger partial charge >= 0.3 is 0 Å². The molecule has 108 valence electrons. The number of phenolic OH excluding ortho intramolecular Hbond substituents is 1. The molecule has 0 spiro atoms. The molecule has 2 heterocycles. The van der Waals surface area contributed by atoms with Crippen molar-refractivity contribution in [1.82, 2.24) is 14.5 Å². The summed E-state index contributed by atoms with van der Waals surface area (Å²) in [6.45, 7) is 1.24. The number of imidazole rings is 1. The second-order valence-electron chi connectivity index (χ2n) is 4.87. The van der Waals surface area contributed by atoms with Crippen LogP contribution in [0, 0.1) is 0 Å². The number of aromatic hydroxyl groups is 1. The van der Waals surface area contributed by atoms with Gasteiger partial charge in [0, 0.05) is 19.7 Å². The van der Waals surface area contributed by atoms with Crippen LogP contribution in [0.2, 0.25) is 0 Å². The third-order valence-electron chi connectivity index (χ3n) is 3.36. The van der Waals surface area contributed by atoms with Gasteiger partial charge in [-0.25, -0.2) is 9.97 Å². The number of hydrogen-bond acceptors (Lipinski definition) is 4. The third kappa shape index (κ3) is 2.87. The highest BCUT2D eigenvalue weighted by molar-refractivity contribution is 5.71. The standard InChI is InChI=1S/C16H17N3O2/c1-21-9-7-15-18-14-6-3-8-17-16(14)19(15)11-12-4-2-5-13(20)10-12/h2-6,8,10,20H,7,9,11H2,1H3. The van der Waals surface area contributed by atoms with E-state index in [1.54, 1.807) is 25.4 Å². The molecule has 21 heavy (non-hydrogen) atoms. The number of hydrogen-bond donors (Lipinski definition) is 1. The third-order valence-corrected chi connectivity index (χ3v) is 3.36. The van der Waals surface area contributed by atoms with E-state index in [4.69, 9.17) is 4.74 Å². The predicted octanol–water partition coefficient (Wildman–Crippen LogP) is 2.37. The van der Waals surface area contributed by atoms with Gasteiger partial charge in [-0.05, 0) is 29.8 Å². The molecule has 0 aliphatic heterocycles. The van der Waals surface area contributed by atoms with Crippen molar-refractivity contribution < 1.29 is 9.84 Å². The number of nitrogens with zero attached hydrogens (tertiary/aromatic N) is 3. The molecule has 0 atom stereocenters. The summed E-state index contributed by atoms with van der Waals surface area (Å²) in [5, 5.41) is 9.61. The van der Waals surface area contributed by atoms with Gasteiger partial charge in [-0.15, -0.1) is 0 Å². The summed E-state index contributed by atoms with van der Waals surface area (Å²) in [5.41, 5.74) is 2.74. The summed E-state index contributed by atoms with van der Waals surface area (Å²) >= 11 is 0. The maximum atomic E-state index is 9.61. The summed E-state index contributed by atoms with van der Waals surface area (Å²) in [6, 6.07) is 11.1. The molecule has 0 bridgehead atoms. The lowest BCUT2D eigenvalue weighted by atomic mass is 10.2. The Morgan fingerprint density at radius 1 is 1.24 bits per heavy atom. The van der Waals surface area contributed by atoms with E-state index in [-0.39, 0.29) is 5.75 Å². The van der Waals surface area contributed by atoms with Crippen molar-refractivity contribution in [2.75, 3.05) is 13.7 Å². The Morgan fingerprint density at radius 3 is 2.95 bits per heavy atom. The molecule has 5 nitrogen and oxygen atoms in total. The summed E-state index contributed by atoms with van der Waals surface area (Å²) in [5.74, 6) is 1.21. The number of methoxy groups -OCH3 is 1. The van der Waals surface area contributed by atoms with E-state index < -0.39 is 0 Å².